The van der Waals surface area contributed by atoms with Gasteiger partial charge in [0.2, 0.25) is 0 Å². The first-order valence-corrected chi connectivity index (χ1v) is 5.47. The second kappa shape index (κ2) is 14.4. The summed E-state index contributed by atoms with van der Waals surface area (Å²) < 4.78 is 64.8. The number of hydrogen-bond donors (Lipinski definition) is 1. The molecule has 1 aromatic carbocycles. The van der Waals surface area contributed by atoms with Gasteiger partial charge in [-0.25, -0.2) is 0 Å². The number of rotatable bonds is 0. The van der Waals surface area contributed by atoms with Crippen LogP contribution in [0, 0.1) is 0 Å². The molecule has 0 aromatic heterocycles. The zero-order valence-electron chi connectivity index (χ0n) is 11.4. The molecular weight excluding hydrogens is 302 g/mol. The van der Waals surface area contributed by atoms with E-state index >= 15 is 0 Å². The molecule has 0 radical (unpaired) electrons. The van der Waals surface area contributed by atoms with E-state index in [1.54, 1.807) is 24.3 Å². The van der Waals surface area contributed by atoms with Crippen molar-refractivity contribution in [2.24, 2.45) is 0 Å². The summed E-state index contributed by atoms with van der Waals surface area (Å²) in [4.78, 5) is 8.00. The first kappa shape index (κ1) is 24.1. The normalized spacial score (nSPS) is 8.76. The molecule has 1 N–H and O–H groups in total. The predicted octanol–water partition coefficient (Wildman–Crippen LogP) is 5.25. The molecule has 0 aliphatic carbocycles. The van der Waals surface area contributed by atoms with Gasteiger partial charge in [-0.2, -0.15) is 26.3 Å². The van der Waals surface area contributed by atoms with Crippen molar-refractivity contribution >= 4 is 6.79 Å². The fourth-order valence-corrected chi connectivity index (χ4v) is 0.535. The molecule has 1 aromatic rings. The molecular formula is C13H16F6O2. The van der Waals surface area contributed by atoms with Crippen LogP contribution in [0.4, 0.5) is 26.3 Å². The maximum Gasteiger partial charge on any atom is 0.448 e. The van der Waals surface area contributed by atoms with E-state index in [-0.39, 0.29) is 0 Å². The fourth-order valence-electron chi connectivity index (χ4n) is 0.535. The third-order valence-electron chi connectivity index (χ3n) is 1.17. The SMILES string of the molecule is C=O.CCC.FC(F)=C(F)C(F)(F)F.Oc1ccccc1. The van der Waals surface area contributed by atoms with Gasteiger partial charge in [-0.05, 0) is 12.1 Å². The van der Waals surface area contributed by atoms with Crippen LogP contribution in [0.3, 0.4) is 0 Å². The monoisotopic (exact) mass is 318 g/mol. The molecule has 0 unspecified atom stereocenters. The molecule has 0 bridgehead atoms. The Bertz CT molecular complexity index is 372. The number of alkyl halides is 3. The Balaban J connectivity index is -0.000000239. The average Bonchev–Trinajstić information content (AvgIpc) is 2.41. The third kappa shape index (κ3) is 18.0. The predicted molar refractivity (Wildman–Crippen MR) is 67.6 cm³/mol. The number of aromatic hydroxyl groups is 1. The number of carbonyl (C=O) groups is 1. The lowest BCUT2D eigenvalue weighted by Crippen LogP contribution is -2.08. The third-order valence-corrected chi connectivity index (χ3v) is 1.17. The molecule has 1 rings (SSSR count). The van der Waals surface area contributed by atoms with Crippen molar-refractivity contribution in [2.75, 3.05) is 0 Å². The highest BCUT2D eigenvalue weighted by Crippen LogP contribution is 2.29. The van der Waals surface area contributed by atoms with Gasteiger partial charge in [0, 0.05) is 0 Å². The largest absolute Gasteiger partial charge is 0.508 e. The number of benzene rings is 1. The zero-order chi connectivity index (χ0) is 17.5. The van der Waals surface area contributed by atoms with Gasteiger partial charge in [0.1, 0.15) is 12.5 Å². The Hall–Kier alpha value is -1.99. The van der Waals surface area contributed by atoms with Crippen LogP contribution in [-0.4, -0.2) is 18.1 Å². The lowest BCUT2D eigenvalue weighted by Gasteiger charge is -1.98. The molecule has 8 heteroatoms. The van der Waals surface area contributed by atoms with Crippen LogP contribution in [0.2, 0.25) is 0 Å². The van der Waals surface area contributed by atoms with Gasteiger partial charge in [-0.15, -0.1) is 0 Å². The number of carbonyl (C=O) groups excluding carboxylic acids is 1. The summed E-state index contributed by atoms with van der Waals surface area (Å²) in [5, 5.41) is 8.63. The van der Waals surface area contributed by atoms with Crippen molar-refractivity contribution < 1.29 is 36.2 Å². The average molecular weight is 318 g/mol. The Morgan fingerprint density at radius 2 is 1.38 bits per heavy atom. The summed E-state index contributed by atoms with van der Waals surface area (Å²) >= 11 is 0. The summed E-state index contributed by atoms with van der Waals surface area (Å²) in [5.74, 6) is -3.01. The van der Waals surface area contributed by atoms with Gasteiger partial charge in [0.15, 0.2) is 0 Å². The summed E-state index contributed by atoms with van der Waals surface area (Å²) in [5.41, 5.74) is 0. The number of phenols is 1. The fraction of sp³-hybridized carbons (Fsp3) is 0.308. The van der Waals surface area contributed by atoms with Crippen molar-refractivity contribution in [1.29, 1.82) is 0 Å². The number of hydrogen-bond acceptors (Lipinski definition) is 2. The maximum atomic E-state index is 11.0. The second-order valence-corrected chi connectivity index (χ2v) is 3.11. The standard InChI is InChI=1S/C6H6O.C3F6.C3H8.CH2O/c7-6-4-2-1-3-5-6;4-1(2(5)6)3(7,8)9;1-3-2;1-2/h1-5,7H;;3H2,1-2H3;1H2. The number of para-hydroxylation sites is 1. The number of halogens is 6. The lowest BCUT2D eigenvalue weighted by atomic mass is 10.3. The minimum Gasteiger partial charge on any atom is -0.508 e. The highest BCUT2D eigenvalue weighted by Gasteiger charge is 2.38. The number of phenolic OH excluding ortho intramolecular Hbond substituents is 1. The summed E-state index contributed by atoms with van der Waals surface area (Å²) in [6, 6.07) is 8.71. The van der Waals surface area contributed by atoms with Crippen molar-refractivity contribution in [3.63, 3.8) is 0 Å². The van der Waals surface area contributed by atoms with Crippen LogP contribution < -0.4 is 0 Å². The van der Waals surface area contributed by atoms with E-state index in [0.29, 0.717) is 5.75 Å². The van der Waals surface area contributed by atoms with Crippen LogP contribution in [0.5, 0.6) is 5.75 Å². The molecule has 0 saturated heterocycles. The van der Waals surface area contributed by atoms with Crippen molar-refractivity contribution in [3.8, 4) is 5.75 Å². The van der Waals surface area contributed by atoms with Gasteiger partial charge in [-0.1, -0.05) is 38.5 Å². The van der Waals surface area contributed by atoms with Crippen LogP contribution in [0.15, 0.2) is 42.2 Å². The van der Waals surface area contributed by atoms with E-state index < -0.39 is 18.1 Å². The Morgan fingerprint density at radius 1 is 1.05 bits per heavy atom. The quantitative estimate of drug-likeness (QED) is 0.663. The van der Waals surface area contributed by atoms with Gasteiger partial charge in [0.25, 0.3) is 5.83 Å². The van der Waals surface area contributed by atoms with E-state index in [2.05, 4.69) is 13.8 Å². The van der Waals surface area contributed by atoms with E-state index in [1.807, 2.05) is 12.9 Å². The van der Waals surface area contributed by atoms with Crippen molar-refractivity contribution in [3.05, 3.63) is 42.2 Å². The minimum absolute atomic E-state index is 0.322. The van der Waals surface area contributed by atoms with Gasteiger partial charge < -0.3 is 9.90 Å². The highest BCUT2D eigenvalue weighted by molar-refractivity contribution is 5.18. The lowest BCUT2D eigenvalue weighted by molar-refractivity contribution is -0.113. The van der Waals surface area contributed by atoms with Crippen LogP contribution >= 0.6 is 0 Å². The Labute approximate surface area is 118 Å². The van der Waals surface area contributed by atoms with E-state index in [9.17, 15) is 26.3 Å². The first-order valence-electron chi connectivity index (χ1n) is 5.47. The molecule has 21 heavy (non-hydrogen) atoms. The molecule has 0 atom stereocenters. The number of allylic oxidation sites excluding steroid dienone is 1. The van der Waals surface area contributed by atoms with Crippen LogP contribution in [0.25, 0.3) is 0 Å². The molecule has 0 aliphatic heterocycles. The van der Waals surface area contributed by atoms with E-state index in [0.717, 1.165) is 0 Å². The molecule has 0 amide bonds. The van der Waals surface area contributed by atoms with Gasteiger partial charge in [-0.3, -0.25) is 0 Å². The van der Waals surface area contributed by atoms with Crippen LogP contribution in [-0.2, 0) is 4.79 Å². The summed E-state index contributed by atoms with van der Waals surface area (Å²) in [6.07, 6.45) is -7.65. The van der Waals surface area contributed by atoms with Crippen molar-refractivity contribution in [2.45, 2.75) is 26.4 Å². The maximum absolute atomic E-state index is 11.0. The molecule has 2 nitrogen and oxygen atoms in total. The smallest absolute Gasteiger partial charge is 0.448 e. The molecule has 0 spiro atoms. The second-order valence-electron chi connectivity index (χ2n) is 3.11. The minimum atomic E-state index is -5.56. The summed E-state index contributed by atoms with van der Waals surface area (Å²) in [7, 11) is 0. The Morgan fingerprint density at radius 3 is 1.48 bits per heavy atom. The molecule has 122 valence electrons. The molecule has 0 heterocycles. The molecule has 0 saturated carbocycles. The van der Waals surface area contributed by atoms with E-state index in [1.165, 1.54) is 6.42 Å². The molecule has 0 fully saturated rings. The van der Waals surface area contributed by atoms with Gasteiger partial charge in [0.05, 0.1) is 0 Å². The Kier molecular flexibility index (Phi) is 16.5. The molecule has 0 aliphatic rings. The summed E-state index contributed by atoms with van der Waals surface area (Å²) in [6.45, 7) is 6.25. The topological polar surface area (TPSA) is 37.3 Å². The van der Waals surface area contributed by atoms with E-state index in [4.69, 9.17) is 9.90 Å². The van der Waals surface area contributed by atoms with Crippen LogP contribution in [0.1, 0.15) is 20.3 Å². The van der Waals surface area contributed by atoms with Crippen molar-refractivity contribution in [1.82, 2.24) is 0 Å². The zero-order valence-corrected chi connectivity index (χ0v) is 11.4. The highest BCUT2D eigenvalue weighted by atomic mass is 19.4. The first-order chi connectivity index (χ1) is 9.66. The van der Waals surface area contributed by atoms with Gasteiger partial charge >= 0.3 is 12.3 Å².